The van der Waals surface area contributed by atoms with Crippen molar-refractivity contribution >= 4 is 34.9 Å². The first-order chi connectivity index (χ1) is 11.9. The predicted octanol–water partition coefficient (Wildman–Crippen LogP) is 1.08. The maximum Gasteiger partial charge on any atom is 0.323 e. The van der Waals surface area contributed by atoms with Gasteiger partial charge in [0.1, 0.15) is 6.04 Å². The van der Waals surface area contributed by atoms with Gasteiger partial charge in [0, 0.05) is 12.7 Å². The Labute approximate surface area is 148 Å². The Balaban J connectivity index is 2.13. The average molecular weight is 367 g/mol. The Bertz CT molecular complexity index is 716. The highest BCUT2D eigenvalue weighted by Crippen LogP contribution is 2.33. The summed E-state index contributed by atoms with van der Waals surface area (Å²) in [5, 5.41) is -0.535. The van der Waals surface area contributed by atoms with Gasteiger partial charge in [0.15, 0.2) is 17.3 Å². The second kappa shape index (κ2) is 8.54. The van der Waals surface area contributed by atoms with Crippen molar-refractivity contribution in [2.45, 2.75) is 13.0 Å². The summed E-state index contributed by atoms with van der Waals surface area (Å²) in [5.74, 6) is -0.328. The zero-order valence-electron chi connectivity index (χ0n) is 13.6. The molecule has 0 bridgehead atoms. The molecule has 1 aromatic carbocycles. The molecule has 0 fully saturated rings. The smallest absolute Gasteiger partial charge is 0.323 e. The van der Waals surface area contributed by atoms with Crippen LogP contribution in [0.25, 0.3) is 6.08 Å². The molecule has 2 N–H and O–H groups in total. The molecule has 2 rings (SSSR count). The van der Waals surface area contributed by atoms with E-state index in [9.17, 15) is 14.4 Å². The van der Waals surface area contributed by atoms with Crippen LogP contribution in [0.4, 0.5) is 0 Å². The normalized spacial score (nSPS) is 14.0. The quantitative estimate of drug-likeness (QED) is 0.448. The fourth-order valence-electron chi connectivity index (χ4n) is 1.90. The molecule has 25 heavy (non-hydrogen) atoms. The van der Waals surface area contributed by atoms with Crippen LogP contribution < -0.4 is 15.2 Å². The van der Waals surface area contributed by atoms with E-state index in [-0.39, 0.29) is 18.3 Å². The third-order valence-electron chi connectivity index (χ3n) is 3.05. The lowest BCUT2D eigenvalue weighted by Gasteiger charge is -2.09. The number of esters is 2. The number of hydrogen-bond acceptors (Lipinski definition) is 9. The van der Waals surface area contributed by atoms with Gasteiger partial charge in [-0.2, -0.15) is 0 Å². The van der Waals surface area contributed by atoms with Crippen LogP contribution in [-0.2, 0) is 23.9 Å². The number of hydrogen-bond donors (Lipinski definition) is 1. The minimum atomic E-state index is -0.955. The number of nitrogens with two attached hydrogens (primary N) is 1. The number of rotatable bonds is 6. The molecule has 0 unspecified atom stereocenters. The number of carbonyl (C=O) groups is 3. The summed E-state index contributed by atoms with van der Waals surface area (Å²) in [6, 6.07) is 4.08. The second-order valence-electron chi connectivity index (χ2n) is 4.94. The molecule has 0 amide bonds. The predicted molar refractivity (Wildman–Crippen MR) is 89.8 cm³/mol. The van der Waals surface area contributed by atoms with Gasteiger partial charge in [-0.15, -0.1) is 0 Å². The van der Waals surface area contributed by atoms with E-state index < -0.39 is 23.1 Å². The lowest BCUT2D eigenvalue weighted by atomic mass is 10.2. The molecule has 9 heteroatoms. The number of thioether (sulfide) groups is 1. The number of fused-ring (bicyclic) bond motifs is 1. The fourth-order valence-corrected chi connectivity index (χ4v) is 2.61. The van der Waals surface area contributed by atoms with Gasteiger partial charge >= 0.3 is 11.9 Å². The topological polar surface area (TPSA) is 114 Å². The first kappa shape index (κ1) is 18.8. The van der Waals surface area contributed by atoms with Crippen LogP contribution in [0.2, 0.25) is 0 Å². The van der Waals surface area contributed by atoms with Crippen molar-refractivity contribution < 1.29 is 33.3 Å². The van der Waals surface area contributed by atoms with E-state index in [4.69, 9.17) is 19.9 Å². The lowest BCUT2D eigenvalue weighted by Crippen LogP contribution is -2.34. The fraction of sp³-hybridized carbons (Fsp3) is 0.312. The molecule has 1 aliphatic rings. The van der Waals surface area contributed by atoms with Crippen LogP contribution in [-0.4, -0.2) is 42.8 Å². The second-order valence-corrected chi connectivity index (χ2v) is 5.94. The molecule has 0 radical (unpaired) electrons. The minimum Gasteiger partial charge on any atom is -0.468 e. The summed E-state index contributed by atoms with van der Waals surface area (Å²) in [6.45, 7) is 1.31. The molecule has 0 saturated carbocycles. The molecule has 134 valence electrons. The van der Waals surface area contributed by atoms with Crippen LogP contribution in [0.15, 0.2) is 24.0 Å². The third kappa shape index (κ3) is 5.23. The van der Waals surface area contributed by atoms with E-state index >= 15 is 0 Å². The zero-order valence-corrected chi connectivity index (χ0v) is 14.5. The van der Waals surface area contributed by atoms with Crippen LogP contribution in [0, 0.1) is 0 Å². The first-order valence-electron chi connectivity index (χ1n) is 7.21. The summed E-state index contributed by atoms with van der Waals surface area (Å²) < 4.78 is 19.9. The monoisotopic (exact) mass is 367 g/mol. The van der Waals surface area contributed by atoms with E-state index in [2.05, 4.69) is 4.74 Å². The van der Waals surface area contributed by atoms with Crippen molar-refractivity contribution in [1.29, 1.82) is 0 Å². The molecule has 1 heterocycles. The number of benzene rings is 1. The maximum absolute atomic E-state index is 12.3. The Morgan fingerprint density at radius 3 is 2.72 bits per heavy atom. The summed E-state index contributed by atoms with van der Waals surface area (Å²) in [4.78, 5) is 34.8. The van der Waals surface area contributed by atoms with Gasteiger partial charge in [0.05, 0.1) is 7.11 Å². The Kier molecular flexibility index (Phi) is 6.43. The van der Waals surface area contributed by atoms with Crippen molar-refractivity contribution in [1.82, 2.24) is 0 Å². The molecule has 0 aromatic heterocycles. The lowest BCUT2D eigenvalue weighted by molar-refractivity contribution is -0.141. The Morgan fingerprint density at radius 1 is 1.32 bits per heavy atom. The van der Waals surface area contributed by atoms with E-state index in [1.807, 2.05) is 0 Å². The van der Waals surface area contributed by atoms with E-state index in [1.54, 1.807) is 18.2 Å². The molecule has 8 nitrogen and oxygen atoms in total. The van der Waals surface area contributed by atoms with Gasteiger partial charge in [-0.1, -0.05) is 17.8 Å². The summed E-state index contributed by atoms with van der Waals surface area (Å²) >= 11 is 0.757. The number of methoxy groups -OCH3 is 1. The Morgan fingerprint density at radius 2 is 2.04 bits per heavy atom. The standard InChI is InChI=1S/C16H17NO7S/c1-9(18)24-14(16(20)25-7-11(17)15(19)21-2)6-10-3-4-12-13(5-10)23-8-22-12/h3-6,11H,7-8,17H2,1-2H3/b14-6-/t11-/m0/s1. The van der Waals surface area contributed by atoms with Gasteiger partial charge < -0.3 is 24.7 Å². The van der Waals surface area contributed by atoms with Gasteiger partial charge in [-0.3, -0.25) is 14.4 Å². The average Bonchev–Trinajstić information content (AvgIpc) is 3.05. The van der Waals surface area contributed by atoms with Gasteiger partial charge in [0.25, 0.3) is 5.12 Å². The molecule has 1 aliphatic heterocycles. The molecular weight excluding hydrogens is 350 g/mol. The molecule has 0 spiro atoms. The molecule has 0 aliphatic carbocycles. The summed E-state index contributed by atoms with van der Waals surface area (Å²) in [5.41, 5.74) is 6.18. The van der Waals surface area contributed by atoms with Crippen molar-refractivity contribution in [3.63, 3.8) is 0 Å². The van der Waals surface area contributed by atoms with Crippen molar-refractivity contribution in [2.75, 3.05) is 19.7 Å². The van der Waals surface area contributed by atoms with Crippen LogP contribution in [0.5, 0.6) is 11.5 Å². The summed E-state index contributed by atoms with van der Waals surface area (Å²) in [6.07, 6.45) is 1.41. The minimum absolute atomic E-state index is 0.00868. The highest BCUT2D eigenvalue weighted by atomic mass is 32.2. The molecular formula is C16H17NO7S. The first-order valence-corrected chi connectivity index (χ1v) is 8.19. The summed E-state index contributed by atoms with van der Waals surface area (Å²) in [7, 11) is 1.21. The van der Waals surface area contributed by atoms with Crippen LogP contribution in [0.3, 0.4) is 0 Å². The maximum atomic E-state index is 12.3. The van der Waals surface area contributed by atoms with Gasteiger partial charge in [0.2, 0.25) is 6.79 Å². The van der Waals surface area contributed by atoms with Crippen LogP contribution >= 0.6 is 11.8 Å². The van der Waals surface area contributed by atoms with Crippen molar-refractivity contribution in [3.05, 3.63) is 29.5 Å². The Hall–Kier alpha value is -2.52. The molecule has 0 saturated heterocycles. The third-order valence-corrected chi connectivity index (χ3v) is 4.04. The molecule has 1 atom stereocenters. The van der Waals surface area contributed by atoms with Crippen LogP contribution in [0.1, 0.15) is 12.5 Å². The highest BCUT2D eigenvalue weighted by molar-refractivity contribution is 8.14. The van der Waals surface area contributed by atoms with Crippen molar-refractivity contribution in [2.24, 2.45) is 5.73 Å². The zero-order chi connectivity index (χ0) is 18.4. The van der Waals surface area contributed by atoms with E-state index in [0.717, 1.165) is 11.8 Å². The number of carbonyl (C=O) groups excluding carboxylic acids is 3. The van der Waals surface area contributed by atoms with Crippen molar-refractivity contribution in [3.8, 4) is 11.5 Å². The SMILES string of the molecule is COC(=O)[C@@H](N)CSC(=O)/C(=C/c1ccc2c(c1)OCO2)OC(C)=O. The van der Waals surface area contributed by atoms with E-state index in [0.29, 0.717) is 17.1 Å². The van der Waals surface area contributed by atoms with Gasteiger partial charge in [-0.05, 0) is 23.8 Å². The number of ether oxygens (including phenoxy) is 4. The highest BCUT2D eigenvalue weighted by Gasteiger charge is 2.20. The molecule has 1 aromatic rings. The van der Waals surface area contributed by atoms with E-state index in [1.165, 1.54) is 20.1 Å². The van der Waals surface area contributed by atoms with Gasteiger partial charge in [-0.25, -0.2) is 0 Å². The largest absolute Gasteiger partial charge is 0.468 e.